The zero-order chi connectivity index (χ0) is 27.7. The number of amides is 4. The van der Waals surface area contributed by atoms with Crippen LogP contribution in [-0.4, -0.2) is 151 Å². The van der Waals surface area contributed by atoms with Crippen LogP contribution in [0, 0.1) is 0 Å². The van der Waals surface area contributed by atoms with Crippen LogP contribution in [-0.2, 0) is 0 Å². The molecule has 0 unspecified atom stereocenters. The number of likely N-dealkylation sites (tertiary alicyclic amines) is 1. The van der Waals surface area contributed by atoms with Gasteiger partial charge in [-0.1, -0.05) is 0 Å². The number of hydrazine groups is 1. The number of urea groups is 2. The van der Waals surface area contributed by atoms with Crippen LogP contribution >= 0.6 is 0 Å². The maximum atomic E-state index is 13.9. The van der Waals surface area contributed by atoms with Gasteiger partial charge in [-0.25, -0.2) is 19.6 Å². The smallest absolute Gasteiger partial charge is 0.296 e. The van der Waals surface area contributed by atoms with Gasteiger partial charge >= 0.3 is 12.1 Å². The summed E-state index contributed by atoms with van der Waals surface area (Å²) in [5, 5.41) is 4.60. The molecule has 4 amide bonds. The van der Waals surface area contributed by atoms with E-state index in [1.165, 1.54) is 0 Å². The molecule has 6 aliphatic heterocycles. The van der Waals surface area contributed by atoms with E-state index >= 15 is 0 Å². The highest BCUT2D eigenvalue weighted by atomic mass is 16.2. The first-order valence-corrected chi connectivity index (χ1v) is 14.3. The van der Waals surface area contributed by atoms with Gasteiger partial charge in [0, 0.05) is 41.3 Å². The molecule has 6 saturated heterocycles. The highest BCUT2D eigenvalue weighted by Crippen LogP contribution is 2.44. The van der Waals surface area contributed by atoms with E-state index < -0.39 is 0 Å². The molecule has 0 saturated carbocycles. The number of piperazine rings is 1. The lowest BCUT2D eigenvalue weighted by molar-refractivity contribution is -0.187. The van der Waals surface area contributed by atoms with Gasteiger partial charge in [-0.15, -0.1) is 0 Å². The summed E-state index contributed by atoms with van der Waals surface area (Å²) in [5.41, 5.74) is 0.0451. The van der Waals surface area contributed by atoms with Crippen LogP contribution < -0.4 is 0 Å². The summed E-state index contributed by atoms with van der Waals surface area (Å²) < 4.78 is 0. The number of hydrogen-bond acceptors (Lipinski definition) is 7. The molecule has 0 spiro atoms. The van der Waals surface area contributed by atoms with Gasteiger partial charge in [-0.05, 0) is 82.3 Å². The number of hydrogen-bond donors (Lipinski definition) is 0. The van der Waals surface area contributed by atoms with Crippen LogP contribution in [0.2, 0.25) is 0 Å². The molecule has 11 nitrogen and oxygen atoms in total. The van der Waals surface area contributed by atoms with E-state index in [0.717, 1.165) is 25.9 Å². The summed E-state index contributed by atoms with van der Waals surface area (Å²) >= 11 is 0. The molecule has 0 N–H and O–H groups in total. The van der Waals surface area contributed by atoms with Gasteiger partial charge in [-0.3, -0.25) is 34.3 Å². The van der Waals surface area contributed by atoms with Crippen molar-refractivity contribution in [2.75, 3.05) is 53.9 Å². The lowest BCUT2D eigenvalue weighted by Crippen LogP contribution is -2.73. The lowest BCUT2D eigenvalue weighted by atomic mass is 9.77. The second-order valence-corrected chi connectivity index (χ2v) is 15.2. The molecule has 214 valence electrons. The van der Waals surface area contributed by atoms with E-state index in [9.17, 15) is 9.59 Å². The fourth-order valence-corrected chi connectivity index (χ4v) is 8.34. The van der Waals surface area contributed by atoms with Crippen molar-refractivity contribution >= 4 is 12.1 Å². The molecule has 38 heavy (non-hydrogen) atoms. The quantitative estimate of drug-likeness (QED) is 0.540. The molecule has 6 heterocycles. The van der Waals surface area contributed by atoms with Crippen molar-refractivity contribution in [1.29, 1.82) is 0 Å². The Morgan fingerprint density at radius 3 is 1.34 bits per heavy atom. The molecular formula is C27H49N9O2. The van der Waals surface area contributed by atoms with E-state index in [-0.39, 0.29) is 46.5 Å². The Hall–Kier alpha value is -1.66. The monoisotopic (exact) mass is 531 g/mol. The Bertz CT molecular complexity index is 880. The Balaban J connectivity index is 1.24. The Morgan fingerprint density at radius 2 is 0.921 bits per heavy atom. The summed E-state index contributed by atoms with van der Waals surface area (Å²) in [6.07, 6.45) is 1.64. The highest BCUT2D eigenvalue weighted by molar-refractivity contribution is 5.85. The van der Waals surface area contributed by atoms with Crippen molar-refractivity contribution in [2.24, 2.45) is 0 Å². The fraction of sp³-hybridized carbons (Fsp3) is 0.926. The first-order chi connectivity index (χ1) is 17.4. The van der Waals surface area contributed by atoms with Crippen molar-refractivity contribution in [3.05, 3.63) is 0 Å². The van der Waals surface area contributed by atoms with Crippen LogP contribution in [0.15, 0.2) is 0 Å². The van der Waals surface area contributed by atoms with Crippen LogP contribution in [0.1, 0.15) is 68.2 Å². The molecule has 0 aromatic heterocycles. The molecule has 0 bridgehead atoms. The van der Waals surface area contributed by atoms with Crippen LogP contribution in [0.4, 0.5) is 9.59 Å². The third-order valence-corrected chi connectivity index (χ3v) is 11.0. The maximum absolute atomic E-state index is 13.9. The topological polar surface area (TPSA) is 63.3 Å². The number of likely N-dealkylation sites (N-methyl/N-ethyl adjacent to an activating group) is 1. The highest BCUT2D eigenvalue weighted by Gasteiger charge is 2.64. The predicted molar refractivity (Wildman–Crippen MR) is 145 cm³/mol. The molecule has 0 radical (unpaired) electrons. The third-order valence-electron chi connectivity index (χ3n) is 11.0. The number of rotatable bonds is 2. The van der Waals surface area contributed by atoms with Gasteiger partial charge in [0.25, 0.3) is 0 Å². The molecule has 6 fully saturated rings. The average molecular weight is 532 g/mol. The summed E-state index contributed by atoms with van der Waals surface area (Å²) in [7, 11) is 4.42. The minimum atomic E-state index is -0.202. The Kier molecular flexibility index (Phi) is 5.57. The van der Waals surface area contributed by atoms with Gasteiger partial charge in [0.15, 0.2) is 12.3 Å². The predicted octanol–water partition coefficient (Wildman–Crippen LogP) is 1.95. The summed E-state index contributed by atoms with van der Waals surface area (Å²) in [4.78, 5) is 43.0. The zero-order valence-corrected chi connectivity index (χ0v) is 25.2. The van der Waals surface area contributed by atoms with E-state index in [2.05, 4.69) is 94.2 Å². The minimum absolute atomic E-state index is 0.0230. The van der Waals surface area contributed by atoms with E-state index in [1.54, 1.807) is 0 Å². The van der Waals surface area contributed by atoms with Gasteiger partial charge in [0.1, 0.15) is 0 Å². The number of piperidine rings is 1. The molecular weight excluding hydrogens is 482 g/mol. The zero-order valence-electron chi connectivity index (χ0n) is 25.2. The summed E-state index contributed by atoms with van der Waals surface area (Å²) in [6.45, 7) is 22.3. The number of carbonyl (C=O) groups is 2. The van der Waals surface area contributed by atoms with Gasteiger partial charge in [-0.2, -0.15) is 0 Å². The van der Waals surface area contributed by atoms with Crippen molar-refractivity contribution in [1.82, 2.24) is 44.3 Å². The molecule has 0 atom stereocenters. The molecule has 0 aromatic rings. The van der Waals surface area contributed by atoms with E-state index in [4.69, 9.17) is 0 Å². The molecule has 6 aliphatic rings. The molecule has 0 aliphatic carbocycles. The SMILES string of the molecule is CN1C(C)(C)CC(N2CN3C(=O)N4CN(N5CC(C)(C)N(C)C(C)(C)C5)CN5C(=O)N(C2)C3C45)CC1(C)C. The average Bonchev–Trinajstić information content (AvgIpc) is 3.26. The fourth-order valence-electron chi connectivity index (χ4n) is 8.34. The van der Waals surface area contributed by atoms with Gasteiger partial charge < -0.3 is 0 Å². The van der Waals surface area contributed by atoms with E-state index in [0.29, 0.717) is 32.7 Å². The lowest BCUT2D eigenvalue weighted by Gasteiger charge is -2.58. The first-order valence-electron chi connectivity index (χ1n) is 14.3. The number of nitrogens with zero attached hydrogens (tertiary/aromatic N) is 9. The maximum Gasteiger partial charge on any atom is 0.325 e. The van der Waals surface area contributed by atoms with Gasteiger partial charge in [0.05, 0.1) is 26.7 Å². The summed E-state index contributed by atoms with van der Waals surface area (Å²) in [5.74, 6) is 0. The Labute approximate surface area is 228 Å². The first kappa shape index (κ1) is 26.6. The second kappa shape index (κ2) is 7.96. The normalized spacial score (nSPS) is 33.1. The molecule has 11 heteroatoms. The van der Waals surface area contributed by atoms with Crippen molar-refractivity contribution in [3.8, 4) is 0 Å². The largest absolute Gasteiger partial charge is 0.325 e. The van der Waals surface area contributed by atoms with Crippen LogP contribution in [0.25, 0.3) is 0 Å². The van der Waals surface area contributed by atoms with Crippen molar-refractivity contribution in [3.63, 3.8) is 0 Å². The summed E-state index contributed by atoms with van der Waals surface area (Å²) in [6, 6.07) is 0.417. The van der Waals surface area contributed by atoms with Crippen molar-refractivity contribution in [2.45, 2.75) is 109 Å². The third kappa shape index (κ3) is 3.64. The molecule has 6 rings (SSSR count). The van der Waals surface area contributed by atoms with Crippen LogP contribution in [0.3, 0.4) is 0 Å². The number of carbonyl (C=O) groups excluding carboxylic acids is 2. The molecule has 0 aromatic carbocycles. The second-order valence-electron chi connectivity index (χ2n) is 15.2. The Morgan fingerprint density at radius 1 is 0.553 bits per heavy atom. The van der Waals surface area contributed by atoms with Crippen LogP contribution in [0.5, 0.6) is 0 Å². The van der Waals surface area contributed by atoms with Crippen molar-refractivity contribution < 1.29 is 9.59 Å². The van der Waals surface area contributed by atoms with Gasteiger partial charge in [0.2, 0.25) is 0 Å². The minimum Gasteiger partial charge on any atom is -0.296 e. The standard InChI is InChI=1S/C27H49N9O2/c1-24(2)11-19(12-25(3,4)28(24)9)30-15-33-20-21-35(22(33)37)17-32(18-36(21)23(38)34(20)16-30)31-13-26(5,6)29(10)27(7,8)14-31/h19-21H,11-18H2,1-10H3. The van der Waals surface area contributed by atoms with E-state index in [1.807, 2.05) is 19.6 Å².